The van der Waals surface area contributed by atoms with Crippen LogP contribution in [0, 0.1) is 0 Å². The molecule has 0 aromatic heterocycles. The highest BCUT2D eigenvalue weighted by atomic mass is 16.5. The molecule has 0 unspecified atom stereocenters. The van der Waals surface area contributed by atoms with E-state index < -0.39 is 0 Å². The highest BCUT2D eigenvalue weighted by molar-refractivity contribution is 4.43. The molecule has 0 fully saturated rings. The standard InChI is InChI=1S/C10H23NO2/c1-3-6-11-7-10-13-9-5-8-12-4-2/h11H,3-10H2,1-2H3. The molecular formula is C10H23NO2. The van der Waals surface area contributed by atoms with Gasteiger partial charge in [-0.1, -0.05) is 6.92 Å². The number of hydrogen-bond acceptors (Lipinski definition) is 3. The summed E-state index contributed by atoms with van der Waals surface area (Å²) in [6.45, 7) is 9.47. The maximum absolute atomic E-state index is 5.38. The molecule has 0 aliphatic rings. The molecule has 0 amide bonds. The van der Waals surface area contributed by atoms with E-state index in [-0.39, 0.29) is 0 Å². The normalized spacial score (nSPS) is 10.6. The Kier molecular flexibility index (Phi) is 11.8. The highest BCUT2D eigenvalue weighted by Crippen LogP contribution is 1.84. The van der Waals surface area contributed by atoms with E-state index in [0.717, 1.165) is 45.9 Å². The maximum atomic E-state index is 5.38. The van der Waals surface area contributed by atoms with Crippen molar-refractivity contribution in [1.82, 2.24) is 5.32 Å². The Labute approximate surface area is 81.8 Å². The van der Waals surface area contributed by atoms with Gasteiger partial charge in [-0.05, 0) is 26.3 Å². The molecule has 0 heterocycles. The van der Waals surface area contributed by atoms with Gasteiger partial charge in [-0.25, -0.2) is 0 Å². The minimum atomic E-state index is 0.804. The molecule has 0 saturated heterocycles. The van der Waals surface area contributed by atoms with Crippen molar-refractivity contribution in [3.05, 3.63) is 0 Å². The van der Waals surface area contributed by atoms with Gasteiger partial charge in [0, 0.05) is 26.4 Å². The Morgan fingerprint density at radius 3 is 2.38 bits per heavy atom. The second-order valence-corrected chi connectivity index (χ2v) is 2.91. The molecule has 0 spiro atoms. The molecule has 80 valence electrons. The fraction of sp³-hybridized carbons (Fsp3) is 1.00. The predicted octanol–water partition coefficient (Wildman–Crippen LogP) is 1.43. The molecule has 0 atom stereocenters. The second kappa shape index (κ2) is 11.9. The van der Waals surface area contributed by atoms with Crippen molar-refractivity contribution < 1.29 is 9.47 Å². The summed E-state index contributed by atoms with van der Waals surface area (Å²) < 4.78 is 10.6. The number of hydrogen-bond donors (Lipinski definition) is 1. The predicted molar refractivity (Wildman–Crippen MR) is 55.1 cm³/mol. The number of rotatable bonds is 10. The quantitative estimate of drug-likeness (QED) is 0.527. The van der Waals surface area contributed by atoms with E-state index in [2.05, 4.69) is 12.2 Å². The molecule has 0 rings (SSSR count). The Morgan fingerprint density at radius 1 is 0.923 bits per heavy atom. The van der Waals surface area contributed by atoms with E-state index in [4.69, 9.17) is 9.47 Å². The third-order valence-electron chi connectivity index (χ3n) is 1.63. The lowest BCUT2D eigenvalue weighted by Gasteiger charge is -2.05. The van der Waals surface area contributed by atoms with Gasteiger partial charge in [0.05, 0.1) is 6.61 Å². The molecule has 3 heteroatoms. The lowest BCUT2D eigenvalue weighted by Crippen LogP contribution is -2.20. The zero-order chi connectivity index (χ0) is 9.78. The van der Waals surface area contributed by atoms with Crippen molar-refractivity contribution in [3.8, 4) is 0 Å². The van der Waals surface area contributed by atoms with Crippen molar-refractivity contribution in [2.45, 2.75) is 26.7 Å². The van der Waals surface area contributed by atoms with Crippen molar-refractivity contribution >= 4 is 0 Å². The molecule has 1 N–H and O–H groups in total. The summed E-state index contributed by atoms with van der Waals surface area (Å²) in [6, 6.07) is 0. The number of nitrogens with one attached hydrogen (secondary N) is 1. The van der Waals surface area contributed by atoms with Crippen LogP contribution in [0.5, 0.6) is 0 Å². The van der Waals surface area contributed by atoms with E-state index in [1.807, 2.05) is 6.92 Å². The van der Waals surface area contributed by atoms with E-state index in [9.17, 15) is 0 Å². The average Bonchev–Trinajstić information content (AvgIpc) is 2.16. The van der Waals surface area contributed by atoms with Crippen LogP contribution >= 0.6 is 0 Å². The molecule has 0 radical (unpaired) electrons. The summed E-state index contributed by atoms with van der Waals surface area (Å²) in [5, 5.41) is 3.28. The van der Waals surface area contributed by atoms with Gasteiger partial charge >= 0.3 is 0 Å². The average molecular weight is 189 g/mol. The lowest BCUT2D eigenvalue weighted by atomic mass is 10.5. The first-order valence-corrected chi connectivity index (χ1v) is 5.28. The van der Waals surface area contributed by atoms with Crippen LogP contribution in [0.4, 0.5) is 0 Å². The molecular weight excluding hydrogens is 166 g/mol. The largest absolute Gasteiger partial charge is 0.382 e. The van der Waals surface area contributed by atoms with Crippen LogP contribution in [0.3, 0.4) is 0 Å². The highest BCUT2D eigenvalue weighted by Gasteiger charge is 1.89. The van der Waals surface area contributed by atoms with Crippen LogP contribution in [-0.4, -0.2) is 39.5 Å². The van der Waals surface area contributed by atoms with Crippen LogP contribution in [-0.2, 0) is 9.47 Å². The van der Waals surface area contributed by atoms with Gasteiger partial charge in [0.2, 0.25) is 0 Å². The fourth-order valence-electron chi connectivity index (χ4n) is 0.956. The van der Waals surface area contributed by atoms with Crippen LogP contribution < -0.4 is 5.32 Å². The van der Waals surface area contributed by atoms with Gasteiger partial charge < -0.3 is 14.8 Å². The monoisotopic (exact) mass is 189 g/mol. The van der Waals surface area contributed by atoms with Crippen LogP contribution in [0.15, 0.2) is 0 Å². The summed E-state index contributed by atoms with van der Waals surface area (Å²) in [6.07, 6.45) is 2.19. The first-order chi connectivity index (χ1) is 6.41. The topological polar surface area (TPSA) is 30.5 Å². The zero-order valence-corrected chi connectivity index (χ0v) is 8.97. The minimum absolute atomic E-state index is 0.804. The third kappa shape index (κ3) is 11.9. The van der Waals surface area contributed by atoms with Gasteiger partial charge in [-0.3, -0.25) is 0 Å². The van der Waals surface area contributed by atoms with Crippen LogP contribution in [0.25, 0.3) is 0 Å². The summed E-state index contributed by atoms with van der Waals surface area (Å²) in [5.74, 6) is 0. The summed E-state index contributed by atoms with van der Waals surface area (Å²) in [5.41, 5.74) is 0. The van der Waals surface area contributed by atoms with E-state index in [1.165, 1.54) is 6.42 Å². The second-order valence-electron chi connectivity index (χ2n) is 2.91. The molecule has 0 aromatic rings. The van der Waals surface area contributed by atoms with E-state index in [0.29, 0.717) is 0 Å². The van der Waals surface area contributed by atoms with Gasteiger partial charge in [0.15, 0.2) is 0 Å². The third-order valence-corrected chi connectivity index (χ3v) is 1.63. The van der Waals surface area contributed by atoms with E-state index in [1.54, 1.807) is 0 Å². The minimum Gasteiger partial charge on any atom is -0.382 e. The SMILES string of the molecule is CCCNCCOCCCOCC. The molecule has 0 aromatic carbocycles. The lowest BCUT2D eigenvalue weighted by molar-refractivity contribution is 0.0891. The Morgan fingerprint density at radius 2 is 1.69 bits per heavy atom. The molecule has 0 aliphatic carbocycles. The van der Waals surface area contributed by atoms with Crippen molar-refractivity contribution in [1.29, 1.82) is 0 Å². The summed E-state index contributed by atoms with van der Waals surface area (Å²) in [7, 11) is 0. The molecule has 0 bridgehead atoms. The Balaban J connectivity index is 2.76. The van der Waals surface area contributed by atoms with Crippen LogP contribution in [0.2, 0.25) is 0 Å². The van der Waals surface area contributed by atoms with Gasteiger partial charge in [-0.15, -0.1) is 0 Å². The van der Waals surface area contributed by atoms with Gasteiger partial charge in [0.1, 0.15) is 0 Å². The first kappa shape index (κ1) is 12.9. The van der Waals surface area contributed by atoms with Crippen molar-refractivity contribution in [2.75, 3.05) is 39.5 Å². The number of ether oxygens (including phenoxy) is 2. The Bertz CT molecular complexity index is 79.0. The van der Waals surface area contributed by atoms with Crippen molar-refractivity contribution in [3.63, 3.8) is 0 Å². The summed E-state index contributed by atoms with van der Waals surface area (Å²) >= 11 is 0. The molecule has 3 nitrogen and oxygen atoms in total. The maximum Gasteiger partial charge on any atom is 0.0590 e. The van der Waals surface area contributed by atoms with Gasteiger partial charge in [-0.2, -0.15) is 0 Å². The Hall–Kier alpha value is -0.120. The fourth-order valence-corrected chi connectivity index (χ4v) is 0.956. The van der Waals surface area contributed by atoms with E-state index >= 15 is 0 Å². The molecule has 0 saturated carbocycles. The molecule has 0 aliphatic heterocycles. The molecule has 13 heavy (non-hydrogen) atoms. The van der Waals surface area contributed by atoms with Gasteiger partial charge in [0.25, 0.3) is 0 Å². The first-order valence-electron chi connectivity index (χ1n) is 5.28. The summed E-state index contributed by atoms with van der Waals surface area (Å²) in [4.78, 5) is 0. The smallest absolute Gasteiger partial charge is 0.0590 e. The van der Waals surface area contributed by atoms with Crippen molar-refractivity contribution in [2.24, 2.45) is 0 Å². The van der Waals surface area contributed by atoms with Crippen LogP contribution in [0.1, 0.15) is 26.7 Å². The zero-order valence-electron chi connectivity index (χ0n) is 8.97.